The SMILES string of the molecule is CN[C@@H]1CC[C@H](n2cc([C@H](C)O)nn2)C1. The third kappa shape index (κ3) is 2.18. The Hall–Kier alpha value is -0.940. The highest BCUT2D eigenvalue weighted by Gasteiger charge is 2.25. The molecule has 15 heavy (non-hydrogen) atoms. The predicted octanol–water partition coefficient (Wildman–Crippen LogP) is 0.644. The molecule has 1 aliphatic rings. The van der Waals surface area contributed by atoms with E-state index in [2.05, 4.69) is 15.6 Å². The van der Waals surface area contributed by atoms with E-state index in [4.69, 9.17) is 0 Å². The summed E-state index contributed by atoms with van der Waals surface area (Å²) < 4.78 is 1.89. The first-order valence-electron chi connectivity index (χ1n) is 5.47. The highest BCUT2D eigenvalue weighted by Crippen LogP contribution is 2.29. The molecule has 3 atom stereocenters. The number of nitrogens with zero attached hydrogens (tertiary/aromatic N) is 3. The van der Waals surface area contributed by atoms with Gasteiger partial charge in [-0.05, 0) is 33.2 Å². The largest absolute Gasteiger partial charge is 0.387 e. The Balaban J connectivity index is 2.04. The highest BCUT2D eigenvalue weighted by molar-refractivity contribution is 4.97. The summed E-state index contributed by atoms with van der Waals surface area (Å²) >= 11 is 0. The summed E-state index contributed by atoms with van der Waals surface area (Å²) in [7, 11) is 2.00. The van der Waals surface area contributed by atoms with Crippen LogP contribution in [0.5, 0.6) is 0 Å². The standard InChI is InChI=1S/C10H18N4O/c1-7(15)10-6-14(13-12-10)9-4-3-8(5-9)11-2/h6-9,11,15H,3-5H2,1-2H3/t7-,8+,9-/m0/s1. The van der Waals surface area contributed by atoms with Crippen LogP contribution in [0.4, 0.5) is 0 Å². The van der Waals surface area contributed by atoms with Crippen LogP contribution in [0.1, 0.15) is 44.0 Å². The van der Waals surface area contributed by atoms with E-state index in [1.165, 1.54) is 6.42 Å². The molecule has 0 spiro atoms. The van der Waals surface area contributed by atoms with Gasteiger partial charge in [0.05, 0.1) is 18.3 Å². The van der Waals surface area contributed by atoms with Crippen molar-refractivity contribution in [2.75, 3.05) is 7.05 Å². The summed E-state index contributed by atoms with van der Waals surface area (Å²) in [5.74, 6) is 0. The zero-order chi connectivity index (χ0) is 10.8. The molecule has 5 heteroatoms. The lowest BCUT2D eigenvalue weighted by molar-refractivity contribution is 0.194. The fourth-order valence-electron chi connectivity index (χ4n) is 2.12. The van der Waals surface area contributed by atoms with Crippen molar-refractivity contribution in [3.05, 3.63) is 11.9 Å². The molecule has 5 nitrogen and oxygen atoms in total. The number of aliphatic hydroxyl groups excluding tert-OH is 1. The van der Waals surface area contributed by atoms with Gasteiger partial charge >= 0.3 is 0 Å². The first-order chi connectivity index (χ1) is 7.20. The number of hydrogen-bond donors (Lipinski definition) is 2. The molecule has 0 radical (unpaired) electrons. The lowest BCUT2D eigenvalue weighted by Crippen LogP contribution is -2.21. The molecule has 84 valence electrons. The van der Waals surface area contributed by atoms with Crippen molar-refractivity contribution in [3.8, 4) is 0 Å². The molecule has 1 aliphatic carbocycles. The van der Waals surface area contributed by atoms with Crippen molar-refractivity contribution < 1.29 is 5.11 Å². The molecule has 1 heterocycles. The van der Waals surface area contributed by atoms with Crippen LogP contribution in [0.15, 0.2) is 6.20 Å². The minimum Gasteiger partial charge on any atom is -0.387 e. The summed E-state index contributed by atoms with van der Waals surface area (Å²) in [6, 6.07) is 1.02. The molecule has 1 saturated carbocycles. The Labute approximate surface area is 89.5 Å². The second kappa shape index (κ2) is 4.28. The Morgan fingerprint density at radius 1 is 1.60 bits per heavy atom. The van der Waals surface area contributed by atoms with Gasteiger partial charge in [0.15, 0.2) is 0 Å². The highest BCUT2D eigenvalue weighted by atomic mass is 16.3. The van der Waals surface area contributed by atoms with Crippen molar-refractivity contribution in [2.45, 2.75) is 44.4 Å². The van der Waals surface area contributed by atoms with E-state index in [0.29, 0.717) is 17.8 Å². The van der Waals surface area contributed by atoms with Gasteiger partial charge < -0.3 is 10.4 Å². The maximum absolute atomic E-state index is 9.35. The normalized spacial score (nSPS) is 28.2. The molecule has 2 rings (SSSR count). The van der Waals surface area contributed by atoms with E-state index in [9.17, 15) is 5.11 Å². The molecule has 0 aliphatic heterocycles. The zero-order valence-electron chi connectivity index (χ0n) is 9.22. The van der Waals surface area contributed by atoms with Gasteiger partial charge in [-0.25, -0.2) is 4.68 Å². The topological polar surface area (TPSA) is 63.0 Å². The quantitative estimate of drug-likeness (QED) is 0.768. The molecule has 0 bridgehead atoms. The molecule has 0 saturated heterocycles. The Morgan fingerprint density at radius 3 is 2.93 bits per heavy atom. The number of aromatic nitrogens is 3. The van der Waals surface area contributed by atoms with E-state index in [0.717, 1.165) is 12.8 Å². The predicted molar refractivity (Wildman–Crippen MR) is 56.4 cm³/mol. The summed E-state index contributed by atoms with van der Waals surface area (Å²) in [6.45, 7) is 1.71. The Morgan fingerprint density at radius 2 is 2.40 bits per heavy atom. The van der Waals surface area contributed by atoms with Crippen molar-refractivity contribution in [3.63, 3.8) is 0 Å². The second-order valence-corrected chi connectivity index (χ2v) is 4.25. The van der Waals surface area contributed by atoms with Crippen LogP contribution >= 0.6 is 0 Å². The smallest absolute Gasteiger partial charge is 0.111 e. The van der Waals surface area contributed by atoms with Crippen LogP contribution in [-0.4, -0.2) is 33.2 Å². The molecule has 1 fully saturated rings. The van der Waals surface area contributed by atoms with Gasteiger partial charge in [0.25, 0.3) is 0 Å². The van der Waals surface area contributed by atoms with E-state index < -0.39 is 6.10 Å². The van der Waals surface area contributed by atoms with Crippen LogP contribution < -0.4 is 5.32 Å². The maximum atomic E-state index is 9.35. The van der Waals surface area contributed by atoms with Gasteiger partial charge in [-0.15, -0.1) is 5.10 Å². The van der Waals surface area contributed by atoms with Crippen molar-refractivity contribution in [1.82, 2.24) is 20.3 Å². The fourth-order valence-corrected chi connectivity index (χ4v) is 2.12. The average molecular weight is 210 g/mol. The third-order valence-electron chi connectivity index (χ3n) is 3.14. The summed E-state index contributed by atoms with van der Waals surface area (Å²) in [5.41, 5.74) is 0.655. The van der Waals surface area contributed by atoms with Crippen molar-refractivity contribution in [1.29, 1.82) is 0 Å². The van der Waals surface area contributed by atoms with E-state index in [-0.39, 0.29) is 0 Å². The Kier molecular flexibility index (Phi) is 3.02. The minimum absolute atomic E-state index is 0.433. The van der Waals surface area contributed by atoms with Gasteiger partial charge in [0, 0.05) is 6.04 Å². The number of nitrogens with one attached hydrogen (secondary N) is 1. The minimum atomic E-state index is -0.528. The molecule has 0 amide bonds. The van der Waals surface area contributed by atoms with Gasteiger partial charge in [-0.3, -0.25) is 0 Å². The molecule has 0 aromatic carbocycles. The van der Waals surface area contributed by atoms with Crippen LogP contribution in [0.2, 0.25) is 0 Å². The van der Waals surface area contributed by atoms with Crippen molar-refractivity contribution in [2.24, 2.45) is 0 Å². The second-order valence-electron chi connectivity index (χ2n) is 4.25. The molecule has 1 aromatic rings. The van der Waals surface area contributed by atoms with E-state index in [1.807, 2.05) is 17.9 Å². The van der Waals surface area contributed by atoms with Crippen LogP contribution in [0.3, 0.4) is 0 Å². The first-order valence-corrected chi connectivity index (χ1v) is 5.47. The summed E-state index contributed by atoms with van der Waals surface area (Å²) in [5, 5.41) is 20.7. The van der Waals surface area contributed by atoms with Crippen LogP contribution in [0.25, 0.3) is 0 Å². The zero-order valence-corrected chi connectivity index (χ0v) is 9.22. The molecule has 1 aromatic heterocycles. The number of aliphatic hydroxyl groups is 1. The molecule has 2 N–H and O–H groups in total. The van der Waals surface area contributed by atoms with Gasteiger partial charge in [0.1, 0.15) is 5.69 Å². The van der Waals surface area contributed by atoms with Gasteiger partial charge in [-0.2, -0.15) is 0 Å². The Bertz CT molecular complexity index is 323. The maximum Gasteiger partial charge on any atom is 0.111 e. The van der Waals surface area contributed by atoms with Crippen LogP contribution in [-0.2, 0) is 0 Å². The van der Waals surface area contributed by atoms with Gasteiger partial charge in [-0.1, -0.05) is 5.21 Å². The fraction of sp³-hybridized carbons (Fsp3) is 0.800. The number of hydrogen-bond acceptors (Lipinski definition) is 4. The molecular weight excluding hydrogens is 192 g/mol. The van der Waals surface area contributed by atoms with Gasteiger partial charge in [0.2, 0.25) is 0 Å². The van der Waals surface area contributed by atoms with E-state index in [1.54, 1.807) is 6.92 Å². The first kappa shape index (κ1) is 10.6. The monoisotopic (exact) mass is 210 g/mol. The van der Waals surface area contributed by atoms with E-state index >= 15 is 0 Å². The number of rotatable bonds is 3. The lowest BCUT2D eigenvalue weighted by atomic mass is 10.2. The lowest BCUT2D eigenvalue weighted by Gasteiger charge is -2.10. The molecule has 0 unspecified atom stereocenters. The average Bonchev–Trinajstić information content (AvgIpc) is 2.86. The molecular formula is C10H18N4O. The third-order valence-corrected chi connectivity index (χ3v) is 3.14. The summed E-state index contributed by atoms with van der Waals surface area (Å²) in [6.07, 6.45) is 4.74. The summed E-state index contributed by atoms with van der Waals surface area (Å²) in [4.78, 5) is 0. The van der Waals surface area contributed by atoms with Crippen LogP contribution in [0, 0.1) is 0 Å². The van der Waals surface area contributed by atoms with Crippen molar-refractivity contribution >= 4 is 0 Å².